The Labute approximate surface area is 73.4 Å². The van der Waals surface area contributed by atoms with Gasteiger partial charge in [0.1, 0.15) is 18.3 Å². The molecule has 5 atom stereocenters. The fourth-order valence-electron chi connectivity index (χ4n) is 0.924. The molecule has 0 aromatic rings. The van der Waals surface area contributed by atoms with E-state index in [9.17, 15) is 0 Å². The number of rotatable bonds is 4. The first-order valence-electron chi connectivity index (χ1n) is 3.66. The molecule has 13 heavy (non-hydrogen) atoms. The number of aliphatic hydroxyl groups is 6. The quantitative estimate of drug-likeness (QED) is 0.253. The fraction of sp³-hybridized carbons (Fsp3) is 1.00. The molecule has 0 aromatic heterocycles. The van der Waals surface area contributed by atoms with E-state index in [4.69, 9.17) is 30.6 Å². The summed E-state index contributed by atoms with van der Waals surface area (Å²) < 4.78 is 4.19. The van der Waals surface area contributed by atoms with E-state index in [1.807, 2.05) is 0 Å². The maximum Gasteiger partial charge on any atom is 0.250 e. The molecule has 78 valence electrons. The second-order valence-electron chi connectivity index (χ2n) is 2.91. The molecule has 7 nitrogen and oxygen atoms in total. The van der Waals surface area contributed by atoms with Crippen LogP contribution in [-0.2, 0) is 4.74 Å². The molecule has 0 spiro atoms. The molecule has 0 aliphatic carbocycles. The zero-order valence-corrected chi connectivity index (χ0v) is 6.61. The van der Waals surface area contributed by atoms with E-state index in [0.717, 1.165) is 0 Å². The molecule has 1 saturated heterocycles. The Balaban J connectivity index is 2.52. The van der Waals surface area contributed by atoms with Crippen LogP contribution in [0.2, 0.25) is 0 Å². The Morgan fingerprint density at radius 3 is 2.08 bits per heavy atom. The second-order valence-corrected chi connectivity index (χ2v) is 2.91. The van der Waals surface area contributed by atoms with Crippen molar-refractivity contribution < 1.29 is 35.4 Å². The van der Waals surface area contributed by atoms with Crippen LogP contribution in [0.1, 0.15) is 0 Å². The average molecular weight is 196 g/mol. The summed E-state index contributed by atoms with van der Waals surface area (Å²) in [5.74, 6) is -2.24. The third-order valence-electron chi connectivity index (χ3n) is 1.93. The van der Waals surface area contributed by atoms with Crippen molar-refractivity contribution in [2.75, 3.05) is 6.61 Å². The SMILES string of the molecule is OC[C@@H](O)[C@@H](O)[C@H](O)[C@]1(O)OC1O. The van der Waals surface area contributed by atoms with Crippen molar-refractivity contribution in [3.8, 4) is 0 Å². The summed E-state index contributed by atoms with van der Waals surface area (Å²) in [4.78, 5) is 0. The Kier molecular flexibility index (Phi) is 2.88. The van der Waals surface area contributed by atoms with Gasteiger partial charge in [-0.3, -0.25) is 0 Å². The van der Waals surface area contributed by atoms with Crippen molar-refractivity contribution in [1.29, 1.82) is 0 Å². The maximum atomic E-state index is 9.13. The van der Waals surface area contributed by atoms with Gasteiger partial charge in [0.15, 0.2) is 0 Å². The Morgan fingerprint density at radius 1 is 1.31 bits per heavy atom. The van der Waals surface area contributed by atoms with Crippen LogP contribution in [0.4, 0.5) is 0 Å². The maximum absolute atomic E-state index is 9.13. The molecule has 0 bridgehead atoms. The van der Waals surface area contributed by atoms with Crippen molar-refractivity contribution in [3.63, 3.8) is 0 Å². The smallest absolute Gasteiger partial charge is 0.250 e. The van der Waals surface area contributed by atoms with Crippen molar-refractivity contribution in [2.24, 2.45) is 0 Å². The van der Waals surface area contributed by atoms with Gasteiger partial charge in [-0.1, -0.05) is 0 Å². The van der Waals surface area contributed by atoms with Gasteiger partial charge in [0.05, 0.1) is 6.61 Å². The van der Waals surface area contributed by atoms with Crippen LogP contribution in [0.15, 0.2) is 0 Å². The summed E-state index contributed by atoms with van der Waals surface area (Å²) in [5, 5.41) is 53.2. The number of hydrogen-bond acceptors (Lipinski definition) is 7. The van der Waals surface area contributed by atoms with E-state index >= 15 is 0 Å². The minimum absolute atomic E-state index is 0.773. The first-order chi connectivity index (χ1) is 5.93. The number of ether oxygens (including phenoxy) is 1. The molecule has 1 heterocycles. The van der Waals surface area contributed by atoms with E-state index in [-0.39, 0.29) is 0 Å². The summed E-state index contributed by atoms with van der Waals surface area (Å²) in [5.41, 5.74) is 0. The van der Waals surface area contributed by atoms with Crippen LogP contribution < -0.4 is 0 Å². The number of hydrogen-bond donors (Lipinski definition) is 6. The standard InChI is InChI=1S/C6H12O7/c7-1-2(8)3(9)4(10)6(12)5(11)13-6/h2-5,7-12H,1H2/t2-,3-,4+,5?,6+/m1/s1. The van der Waals surface area contributed by atoms with Gasteiger partial charge in [0.2, 0.25) is 12.1 Å². The molecule has 6 N–H and O–H groups in total. The van der Waals surface area contributed by atoms with Gasteiger partial charge in [-0.05, 0) is 0 Å². The fourth-order valence-corrected chi connectivity index (χ4v) is 0.924. The lowest BCUT2D eigenvalue weighted by Gasteiger charge is -2.22. The highest BCUT2D eigenvalue weighted by Crippen LogP contribution is 2.36. The lowest BCUT2D eigenvalue weighted by atomic mass is 10.0. The lowest BCUT2D eigenvalue weighted by molar-refractivity contribution is -0.156. The van der Waals surface area contributed by atoms with E-state index in [2.05, 4.69) is 4.74 Å². The molecule has 1 rings (SSSR count). The third kappa shape index (κ3) is 1.81. The largest absolute Gasteiger partial charge is 0.394 e. The third-order valence-corrected chi connectivity index (χ3v) is 1.93. The molecule has 1 unspecified atom stereocenters. The van der Waals surface area contributed by atoms with E-state index in [1.54, 1.807) is 0 Å². The topological polar surface area (TPSA) is 134 Å². The van der Waals surface area contributed by atoms with E-state index < -0.39 is 37.0 Å². The van der Waals surface area contributed by atoms with Crippen LogP contribution in [0.25, 0.3) is 0 Å². The highest BCUT2D eigenvalue weighted by molar-refractivity contribution is 4.97. The second kappa shape index (κ2) is 3.46. The van der Waals surface area contributed by atoms with Crippen molar-refractivity contribution in [2.45, 2.75) is 30.4 Å². The number of epoxide rings is 1. The number of aliphatic hydroxyl groups excluding tert-OH is 5. The van der Waals surface area contributed by atoms with E-state index in [0.29, 0.717) is 0 Å². The van der Waals surface area contributed by atoms with Gasteiger partial charge < -0.3 is 35.4 Å². The summed E-state index contributed by atoms with van der Waals surface area (Å²) >= 11 is 0. The van der Waals surface area contributed by atoms with Crippen LogP contribution in [0.3, 0.4) is 0 Å². The summed E-state index contributed by atoms with van der Waals surface area (Å²) in [7, 11) is 0. The first-order valence-corrected chi connectivity index (χ1v) is 3.66. The Bertz CT molecular complexity index is 186. The average Bonchev–Trinajstić information content (AvgIpc) is 2.72. The van der Waals surface area contributed by atoms with Gasteiger partial charge in [0, 0.05) is 0 Å². The van der Waals surface area contributed by atoms with Crippen LogP contribution >= 0.6 is 0 Å². The lowest BCUT2D eigenvalue weighted by Crippen LogP contribution is -2.48. The molecule has 1 aliphatic heterocycles. The van der Waals surface area contributed by atoms with Crippen LogP contribution in [0.5, 0.6) is 0 Å². The van der Waals surface area contributed by atoms with Crippen molar-refractivity contribution >= 4 is 0 Å². The van der Waals surface area contributed by atoms with Gasteiger partial charge in [-0.25, -0.2) is 0 Å². The normalized spacial score (nSPS) is 39.7. The highest BCUT2D eigenvalue weighted by Gasteiger charge is 2.63. The molecule has 7 heteroatoms. The Hall–Kier alpha value is -0.280. The summed E-state index contributed by atoms with van der Waals surface area (Å²) in [6.07, 6.45) is -6.84. The van der Waals surface area contributed by atoms with Crippen LogP contribution in [-0.4, -0.2) is 67.6 Å². The molecular formula is C6H12O7. The molecule has 0 aromatic carbocycles. The Morgan fingerprint density at radius 2 is 1.77 bits per heavy atom. The zero-order valence-electron chi connectivity index (χ0n) is 6.61. The predicted molar refractivity (Wildman–Crippen MR) is 37.1 cm³/mol. The molecular weight excluding hydrogens is 184 g/mol. The van der Waals surface area contributed by atoms with Gasteiger partial charge in [-0.2, -0.15) is 0 Å². The first kappa shape index (κ1) is 10.8. The van der Waals surface area contributed by atoms with Crippen LogP contribution in [0, 0.1) is 0 Å². The minimum atomic E-state index is -2.24. The predicted octanol–water partition coefficient (Wildman–Crippen LogP) is -3.90. The molecule has 1 fully saturated rings. The molecule has 1 aliphatic rings. The highest BCUT2D eigenvalue weighted by atomic mass is 16.8. The summed E-state index contributed by atoms with van der Waals surface area (Å²) in [6.45, 7) is -0.773. The zero-order chi connectivity index (χ0) is 10.2. The van der Waals surface area contributed by atoms with Gasteiger partial charge >= 0.3 is 0 Å². The van der Waals surface area contributed by atoms with Gasteiger partial charge in [0.25, 0.3) is 0 Å². The minimum Gasteiger partial charge on any atom is -0.394 e. The summed E-state index contributed by atoms with van der Waals surface area (Å²) in [6, 6.07) is 0. The molecule has 0 amide bonds. The van der Waals surface area contributed by atoms with Crippen molar-refractivity contribution in [1.82, 2.24) is 0 Å². The van der Waals surface area contributed by atoms with Gasteiger partial charge in [-0.15, -0.1) is 0 Å². The monoisotopic (exact) mass is 196 g/mol. The van der Waals surface area contributed by atoms with Crippen molar-refractivity contribution in [3.05, 3.63) is 0 Å². The molecule has 0 radical (unpaired) electrons. The molecule has 0 saturated carbocycles. The van der Waals surface area contributed by atoms with E-state index in [1.165, 1.54) is 0 Å².